The van der Waals surface area contributed by atoms with E-state index < -0.39 is 16.5 Å². The summed E-state index contributed by atoms with van der Waals surface area (Å²) in [5, 5.41) is 2.56. The lowest BCUT2D eigenvalue weighted by Gasteiger charge is -2.44. The molecule has 4 N–H and O–H groups in total. The summed E-state index contributed by atoms with van der Waals surface area (Å²) < 4.78 is 17.6. The van der Waals surface area contributed by atoms with Crippen LogP contribution in [0.1, 0.15) is 32.1 Å². The molecule has 156 valence electrons. The molecular weight excluding hydrogens is 402 g/mol. The standard InChI is InChI=1S/C20H23N7O2S/c1-26-16-11-13-12-22-19(25-30(29)15-7-5-14(21)6-8-15)23-17(13)27(16)20(18(28)24-26)9-3-2-4-10-20/h5-8,11-12H,2-4,9-10,21H2,1H3,(H,24,28)(H,22,23,25). The molecule has 3 heterocycles. The smallest absolute Gasteiger partial charge is 0.264 e. The van der Waals surface area contributed by atoms with Gasteiger partial charge in [0.25, 0.3) is 5.91 Å². The molecular formula is C20H23N7O2S. The minimum absolute atomic E-state index is 0.00623. The number of nitrogens with one attached hydrogen (secondary N) is 2. The molecule has 1 aliphatic carbocycles. The van der Waals surface area contributed by atoms with Crippen molar-refractivity contribution in [1.82, 2.24) is 20.0 Å². The van der Waals surface area contributed by atoms with Crippen LogP contribution >= 0.6 is 0 Å². The topological polar surface area (TPSA) is 118 Å². The van der Waals surface area contributed by atoms with Gasteiger partial charge in [-0.1, -0.05) is 19.3 Å². The summed E-state index contributed by atoms with van der Waals surface area (Å²) in [5.41, 5.74) is 9.31. The van der Waals surface area contributed by atoms with Crippen LogP contribution in [0.15, 0.2) is 41.4 Å². The third kappa shape index (κ3) is 2.90. The first-order chi connectivity index (χ1) is 14.5. The number of nitrogens with two attached hydrogens (primary N) is 1. The highest BCUT2D eigenvalue weighted by Gasteiger charge is 2.47. The molecule has 0 bridgehead atoms. The number of nitrogens with zero attached hydrogens (tertiary/aromatic N) is 4. The van der Waals surface area contributed by atoms with E-state index in [2.05, 4.69) is 20.1 Å². The summed E-state index contributed by atoms with van der Waals surface area (Å²) >= 11 is 0. The Bertz CT molecular complexity index is 1150. The summed E-state index contributed by atoms with van der Waals surface area (Å²) in [6, 6.07) is 8.78. The Hall–Kier alpha value is -3.14. The van der Waals surface area contributed by atoms with E-state index in [9.17, 15) is 9.00 Å². The van der Waals surface area contributed by atoms with E-state index in [4.69, 9.17) is 5.73 Å². The van der Waals surface area contributed by atoms with Gasteiger partial charge >= 0.3 is 0 Å². The van der Waals surface area contributed by atoms with Crippen molar-refractivity contribution in [1.29, 1.82) is 0 Å². The third-order valence-electron chi connectivity index (χ3n) is 5.94. The summed E-state index contributed by atoms with van der Waals surface area (Å²) in [5.74, 6) is 1.11. The fourth-order valence-corrected chi connectivity index (χ4v) is 5.19. The van der Waals surface area contributed by atoms with Crippen molar-refractivity contribution < 1.29 is 9.00 Å². The number of nitrogen functional groups attached to an aromatic ring is 1. The number of amides is 1. The minimum atomic E-state index is -1.53. The highest BCUT2D eigenvalue weighted by atomic mass is 32.2. The van der Waals surface area contributed by atoms with Crippen LogP contribution in [-0.4, -0.2) is 31.7 Å². The largest absolute Gasteiger partial charge is 0.399 e. The predicted octanol–water partition coefficient (Wildman–Crippen LogP) is 2.29. The zero-order valence-electron chi connectivity index (χ0n) is 16.6. The Kier molecular flexibility index (Phi) is 4.39. The van der Waals surface area contributed by atoms with Gasteiger partial charge in [0.05, 0.1) is 4.90 Å². The second-order valence-corrected chi connectivity index (χ2v) is 9.06. The van der Waals surface area contributed by atoms with Gasteiger partial charge < -0.3 is 5.73 Å². The molecule has 30 heavy (non-hydrogen) atoms. The minimum Gasteiger partial charge on any atom is -0.399 e. The van der Waals surface area contributed by atoms with Gasteiger partial charge in [0, 0.05) is 24.3 Å². The van der Waals surface area contributed by atoms with E-state index in [0.29, 0.717) is 16.2 Å². The van der Waals surface area contributed by atoms with Crippen molar-refractivity contribution in [2.75, 3.05) is 22.5 Å². The molecule has 1 atom stereocenters. The lowest BCUT2D eigenvalue weighted by molar-refractivity contribution is -0.132. The molecule has 1 aliphatic heterocycles. The van der Waals surface area contributed by atoms with Gasteiger partial charge in [-0.05, 0) is 43.2 Å². The first-order valence-electron chi connectivity index (χ1n) is 9.96. The van der Waals surface area contributed by atoms with Crippen molar-refractivity contribution in [3.63, 3.8) is 0 Å². The molecule has 2 aliphatic rings. The Morgan fingerprint density at radius 3 is 2.67 bits per heavy atom. The number of hydrogen-bond donors (Lipinski definition) is 3. The quantitative estimate of drug-likeness (QED) is 0.554. The van der Waals surface area contributed by atoms with Gasteiger partial charge in [-0.15, -0.1) is 0 Å². The van der Waals surface area contributed by atoms with Crippen LogP contribution in [0.25, 0.3) is 11.0 Å². The summed E-state index contributed by atoms with van der Waals surface area (Å²) in [6.45, 7) is 0. The van der Waals surface area contributed by atoms with Crippen LogP contribution < -0.4 is 20.9 Å². The molecule has 1 saturated carbocycles. The van der Waals surface area contributed by atoms with Gasteiger partial charge in [-0.3, -0.25) is 24.5 Å². The normalized spacial score (nSPS) is 18.8. The van der Waals surface area contributed by atoms with Crippen LogP contribution in [-0.2, 0) is 21.3 Å². The zero-order chi connectivity index (χ0) is 20.9. The molecule has 1 fully saturated rings. The lowest BCUT2D eigenvalue weighted by atomic mass is 9.80. The van der Waals surface area contributed by atoms with Gasteiger partial charge in [-0.25, -0.2) is 9.19 Å². The highest BCUT2D eigenvalue weighted by Crippen LogP contribution is 2.43. The number of hydrogen-bond acceptors (Lipinski definition) is 6. The first kappa shape index (κ1) is 18.9. The number of hydrazine groups is 1. The maximum absolute atomic E-state index is 13.1. The zero-order valence-corrected chi connectivity index (χ0v) is 17.4. The molecule has 10 heteroatoms. The van der Waals surface area contributed by atoms with Crippen molar-refractivity contribution in [2.45, 2.75) is 42.5 Å². The Labute approximate surface area is 176 Å². The number of fused-ring (bicyclic) bond motifs is 4. The second-order valence-electron chi connectivity index (χ2n) is 7.84. The van der Waals surface area contributed by atoms with Crippen molar-refractivity contribution >= 4 is 45.4 Å². The Morgan fingerprint density at radius 2 is 1.93 bits per heavy atom. The molecule has 0 saturated heterocycles. The Balaban J connectivity index is 1.57. The van der Waals surface area contributed by atoms with Gasteiger partial charge in [0.2, 0.25) is 5.95 Å². The maximum atomic E-state index is 13.1. The van der Waals surface area contributed by atoms with E-state index in [1.165, 1.54) is 0 Å². The summed E-state index contributed by atoms with van der Waals surface area (Å²) in [7, 11) is 0.289. The molecule has 1 unspecified atom stereocenters. The highest BCUT2D eigenvalue weighted by molar-refractivity contribution is 7.86. The average Bonchev–Trinajstić information content (AvgIpc) is 3.14. The first-order valence-corrected chi connectivity index (χ1v) is 11.1. The number of carbonyl (C=O) groups is 1. The fourth-order valence-electron chi connectivity index (χ4n) is 4.43. The number of anilines is 3. The van der Waals surface area contributed by atoms with Crippen molar-refractivity contribution in [3.8, 4) is 0 Å². The second kappa shape index (κ2) is 6.98. The molecule has 1 aromatic carbocycles. The fraction of sp³-hybridized carbons (Fsp3) is 0.350. The molecule has 3 aromatic rings. The van der Waals surface area contributed by atoms with Crippen LogP contribution in [0, 0.1) is 0 Å². The number of rotatable bonds is 3. The number of aromatic nitrogens is 3. The SMILES string of the molecule is CN1NC(=O)C2(CCCCC2)n2c1cc1cnc(NS(=O)c3ccc(N)cc3)nc12. The van der Waals surface area contributed by atoms with E-state index >= 15 is 0 Å². The van der Waals surface area contributed by atoms with Crippen LogP contribution in [0.5, 0.6) is 0 Å². The van der Waals surface area contributed by atoms with E-state index in [0.717, 1.165) is 43.3 Å². The lowest BCUT2D eigenvalue weighted by Crippen LogP contribution is -2.59. The summed E-state index contributed by atoms with van der Waals surface area (Å²) in [6.07, 6.45) is 6.36. The van der Waals surface area contributed by atoms with Crippen LogP contribution in [0.4, 0.5) is 17.5 Å². The maximum Gasteiger partial charge on any atom is 0.264 e. The molecule has 2 aromatic heterocycles. The number of carbonyl (C=O) groups excluding carboxylic acids is 1. The van der Waals surface area contributed by atoms with E-state index in [-0.39, 0.29) is 11.9 Å². The van der Waals surface area contributed by atoms with E-state index in [1.807, 2.05) is 17.7 Å². The van der Waals surface area contributed by atoms with E-state index in [1.54, 1.807) is 35.5 Å². The van der Waals surface area contributed by atoms with Gasteiger partial charge in [0.15, 0.2) is 11.0 Å². The molecule has 9 nitrogen and oxygen atoms in total. The third-order valence-corrected chi connectivity index (χ3v) is 7.01. The van der Waals surface area contributed by atoms with Gasteiger partial charge in [-0.2, -0.15) is 4.98 Å². The number of benzene rings is 1. The predicted molar refractivity (Wildman–Crippen MR) is 116 cm³/mol. The van der Waals surface area contributed by atoms with Crippen LogP contribution in [0.3, 0.4) is 0 Å². The molecule has 5 rings (SSSR count). The summed E-state index contributed by atoms with van der Waals surface area (Å²) in [4.78, 5) is 22.6. The van der Waals surface area contributed by atoms with Gasteiger partial charge in [0.1, 0.15) is 17.0 Å². The van der Waals surface area contributed by atoms with Crippen molar-refractivity contribution in [2.24, 2.45) is 0 Å². The van der Waals surface area contributed by atoms with Crippen LogP contribution in [0.2, 0.25) is 0 Å². The van der Waals surface area contributed by atoms with Crippen molar-refractivity contribution in [3.05, 3.63) is 36.5 Å². The molecule has 1 amide bonds. The molecule has 1 spiro atoms. The Morgan fingerprint density at radius 1 is 1.20 bits per heavy atom. The average molecular weight is 426 g/mol. The molecule has 0 radical (unpaired) electrons. The monoisotopic (exact) mass is 425 g/mol.